The molecule has 9 nitrogen and oxygen atoms in total. The maximum absolute atomic E-state index is 13.3. The zero-order valence-corrected chi connectivity index (χ0v) is 19.9. The summed E-state index contributed by atoms with van der Waals surface area (Å²) in [5.74, 6) is -0.531. The van der Waals surface area contributed by atoms with E-state index in [0.29, 0.717) is 46.9 Å². The second kappa shape index (κ2) is 7.52. The summed E-state index contributed by atoms with van der Waals surface area (Å²) < 4.78 is 41.8. The topological polar surface area (TPSA) is 108 Å². The van der Waals surface area contributed by atoms with Crippen molar-refractivity contribution in [3.63, 3.8) is 0 Å². The van der Waals surface area contributed by atoms with Gasteiger partial charge in [-0.1, -0.05) is 18.2 Å². The van der Waals surface area contributed by atoms with Gasteiger partial charge in [0.25, 0.3) is 10.0 Å². The minimum atomic E-state index is -3.87. The number of pyridine rings is 1. The van der Waals surface area contributed by atoms with Crippen molar-refractivity contribution in [3.05, 3.63) is 57.7 Å². The monoisotopic (exact) mass is 532 g/mol. The van der Waals surface area contributed by atoms with Crippen molar-refractivity contribution in [1.29, 1.82) is 0 Å². The maximum atomic E-state index is 13.3. The number of halogens is 1. The first-order valence-corrected chi connectivity index (χ1v) is 13.0. The zero-order chi connectivity index (χ0) is 22.8. The number of nitrogens with zero attached hydrogens (tertiary/aromatic N) is 3. The van der Waals surface area contributed by atoms with Crippen LogP contribution in [-0.2, 0) is 19.5 Å². The summed E-state index contributed by atoms with van der Waals surface area (Å²) >= 11 is 3.53. The third-order valence-electron chi connectivity index (χ3n) is 6.61. The Morgan fingerprint density at radius 2 is 1.82 bits per heavy atom. The van der Waals surface area contributed by atoms with Gasteiger partial charge in [0, 0.05) is 29.6 Å². The van der Waals surface area contributed by atoms with Crippen molar-refractivity contribution < 1.29 is 17.9 Å². The Hall–Kier alpha value is -2.47. The number of fused-ring (bicyclic) bond motifs is 3. The summed E-state index contributed by atoms with van der Waals surface area (Å²) in [6.07, 6.45) is 5.86. The first-order chi connectivity index (χ1) is 15.9. The van der Waals surface area contributed by atoms with Crippen LogP contribution in [0.3, 0.4) is 0 Å². The molecule has 2 fully saturated rings. The number of aromatic nitrogens is 4. The van der Waals surface area contributed by atoms with Gasteiger partial charge >= 0.3 is 5.69 Å². The Kier molecular flexibility index (Phi) is 4.81. The van der Waals surface area contributed by atoms with E-state index >= 15 is 0 Å². The van der Waals surface area contributed by atoms with Crippen LogP contribution in [0.4, 0.5) is 0 Å². The van der Waals surface area contributed by atoms with Crippen molar-refractivity contribution in [3.8, 4) is 0 Å². The zero-order valence-electron chi connectivity index (χ0n) is 17.5. The summed E-state index contributed by atoms with van der Waals surface area (Å²) in [6, 6.07) is 8.15. The van der Waals surface area contributed by atoms with Crippen LogP contribution in [0.2, 0.25) is 0 Å². The summed E-state index contributed by atoms with van der Waals surface area (Å²) in [7, 11) is -3.87. The molecule has 11 heteroatoms. The first-order valence-electron chi connectivity index (χ1n) is 10.8. The smallest absolute Gasteiger partial charge is 0.326 e. The Labute approximate surface area is 197 Å². The SMILES string of the molecule is O=c1[nH]c2cnc3c(c(Br)cn3S(=O)(=O)c3ccccc3)c2n1C1CCC2(CC1)OCCO2. The van der Waals surface area contributed by atoms with Gasteiger partial charge in [-0.05, 0) is 40.9 Å². The molecule has 1 aliphatic carbocycles. The number of imidazole rings is 1. The predicted molar refractivity (Wildman–Crippen MR) is 125 cm³/mol. The predicted octanol–water partition coefficient (Wildman–Crippen LogP) is 3.54. The lowest BCUT2D eigenvalue weighted by molar-refractivity contribution is -0.181. The third kappa shape index (κ3) is 3.21. The first kappa shape index (κ1) is 21.1. The number of ether oxygens (including phenoxy) is 2. The maximum Gasteiger partial charge on any atom is 0.326 e. The molecule has 3 aromatic heterocycles. The summed E-state index contributed by atoms with van der Waals surface area (Å²) in [5.41, 5.74) is 1.24. The lowest BCUT2D eigenvalue weighted by Gasteiger charge is -2.35. The number of rotatable bonds is 3. The van der Waals surface area contributed by atoms with Crippen LogP contribution in [0.15, 0.2) is 56.9 Å². The van der Waals surface area contributed by atoms with Gasteiger partial charge in [0.1, 0.15) is 0 Å². The molecular formula is C22H21BrN4O5S. The highest BCUT2D eigenvalue weighted by molar-refractivity contribution is 9.10. The molecular weight excluding hydrogens is 512 g/mol. The molecule has 0 atom stereocenters. The van der Waals surface area contributed by atoms with Gasteiger partial charge in [-0.2, -0.15) is 0 Å². The molecule has 0 amide bonds. The molecule has 1 saturated heterocycles. The molecule has 1 aromatic carbocycles. The van der Waals surface area contributed by atoms with E-state index in [1.807, 2.05) is 0 Å². The molecule has 1 N–H and O–H groups in total. The number of aromatic amines is 1. The van der Waals surface area contributed by atoms with Gasteiger partial charge in [-0.3, -0.25) is 4.57 Å². The van der Waals surface area contributed by atoms with Gasteiger partial charge < -0.3 is 14.5 Å². The summed E-state index contributed by atoms with van der Waals surface area (Å²) in [6.45, 7) is 1.20. The van der Waals surface area contributed by atoms with Crippen LogP contribution in [0.1, 0.15) is 31.7 Å². The summed E-state index contributed by atoms with van der Waals surface area (Å²) in [4.78, 5) is 20.5. The molecule has 4 heterocycles. The number of nitrogens with one attached hydrogen (secondary N) is 1. The van der Waals surface area contributed by atoms with Gasteiger partial charge in [-0.15, -0.1) is 0 Å². The molecule has 0 bridgehead atoms. The Bertz CT molecular complexity index is 1520. The van der Waals surface area contributed by atoms with E-state index in [2.05, 4.69) is 25.9 Å². The fourth-order valence-electron chi connectivity index (χ4n) is 5.05. The Balaban J connectivity index is 1.51. The number of H-pyrrole nitrogens is 1. The number of hydrogen-bond donors (Lipinski definition) is 1. The van der Waals surface area contributed by atoms with Crippen molar-refractivity contribution in [2.75, 3.05) is 13.2 Å². The van der Waals surface area contributed by atoms with E-state index in [1.54, 1.807) is 34.9 Å². The second-order valence-corrected chi connectivity index (χ2v) is 11.1. The molecule has 1 saturated carbocycles. The highest BCUT2D eigenvalue weighted by Crippen LogP contribution is 2.42. The van der Waals surface area contributed by atoms with Crippen molar-refractivity contribution in [2.45, 2.75) is 42.4 Å². The second-order valence-electron chi connectivity index (χ2n) is 8.45. The largest absolute Gasteiger partial charge is 0.348 e. The lowest BCUT2D eigenvalue weighted by atomic mass is 9.89. The van der Waals surface area contributed by atoms with Gasteiger partial charge in [-0.25, -0.2) is 22.2 Å². The molecule has 1 spiro atoms. The molecule has 4 aromatic rings. The minimum Gasteiger partial charge on any atom is -0.348 e. The molecule has 172 valence electrons. The quantitative estimate of drug-likeness (QED) is 0.432. The highest BCUT2D eigenvalue weighted by Gasteiger charge is 2.41. The van der Waals surface area contributed by atoms with Gasteiger partial charge in [0.15, 0.2) is 11.4 Å². The Morgan fingerprint density at radius 3 is 2.52 bits per heavy atom. The van der Waals surface area contributed by atoms with Gasteiger partial charge in [0.2, 0.25) is 0 Å². The molecule has 1 aliphatic heterocycles. The fraction of sp³-hybridized carbons (Fsp3) is 0.364. The lowest BCUT2D eigenvalue weighted by Crippen LogP contribution is -2.37. The third-order valence-corrected chi connectivity index (χ3v) is 8.87. The normalized spacial score (nSPS) is 19.2. The molecule has 2 aliphatic rings. The molecule has 0 unspecified atom stereocenters. The van der Waals surface area contributed by atoms with E-state index in [0.717, 1.165) is 12.8 Å². The standard InChI is InChI=1S/C22H21BrN4O5S/c23-16-13-26(33(29,30)15-4-2-1-3-5-15)20-18(16)19-17(12-24-20)25-21(28)27(19)14-6-8-22(9-7-14)31-10-11-32-22/h1-5,12-14H,6-11H2,(H,25,28). The molecule has 6 rings (SSSR count). The van der Waals surface area contributed by atoms with Crippen molar-refractivity contribution >= 4 is 48.0 Å². The van der Waals surface area contributed by atoms with Crippen LogP contribution in [0.5, 0.6) is 0 Å². The summed E-state index contributed by atoms with van der Waals surface area (Å²) in [5, 5.41) is 0.582. The molecule has 33 heavy (non-hydrogen) atoms. The number of hydrogen-bond acceptors (Lipinski definition) is 6. The average Bonchev–Trinajstić information content (AvgIpc) is 3.51. The van der Waals surface area contributed by atoms with E-state index < -0.39 is 15.8 Å². The van der Waals surface area contributed by atoms with Crippen LogP contribution in [-0.4, -0.2) is 45.9 Å². The van der Waals surface area contributed by atoms with E-state index in [4.69, 9.17) is 9.47 Å². The van der Waals surface area contributed by atoms with E-state index in [9.17, 15) is 13.2 Å². The van der Waals surface area contributed by atoms with Gasteiger partial charge in [0.05, 0.1) is 40.7 Å². The van der Waals surface area contributed by atoms with Crippen molar-refractivity contribution in [1.82, 2.24) is 18.5 Å². The Morgan fingerprint density at radius 1 is 1.12 bits per heavy atom. The van der Waals surface area contributed by atoms with Crippen LogP contribution >= 0.6 is 15.9 Å². The van der Waals surface area contributed by atoms with Crippen LogP contribution in [0.25, 0.3) is 22.1 Å². The van der Waals surface area contributed by atoms with Crippen LogP contribution in [0, 0.1) is 0 Å². The average molecular weight is 533 g/mol. The van der Waals surface area contributed by atoms with Crippen molar-refractivity contribution in [2.24, 2.45) is 0 Å². The fourth-order valence-corrected chi connectivity index (χ4v) is 7.09. The van der Waals surface area contributed by atoms with E-state index in [-0.39, 0.29) is 22.3 Å². The van der Waals surface area contributed by atoms with Crippen LogP contribution < -0.4 is 5.69 Å². The minimum absolute atomic E-state index is 0.0590. The highest BCUT2D eigenvalue weighted by atomic mass is 79.9. The number of benzene rings is 1. The molecule has 0 radical (unpaired) electrons. The van der Waals surface area contributed by atoms with E-state index in [1.165, 1.54) is 16.4 Å².